The lowest BCUT2D eigenvalue weighted by Gasteiger charge is -2.31. The summed E-state index contributed by atoms with van der Waals surface area (Å²) in [4.78, 5) is 14.2. The molecule has 33 heavy (non-hydrogen) atoms. The second-order valence-corrected chi connectivity index (χ2v) is 8.91. The van der Waals surface area contributed by atoms with Crippen LogP contribution in [-0.4, -0.2) is 23.8 Å². The SMILES string of the molecule is O=[N+]([O-])c1cc(F)c(C2CCC(OS(=O)(=O)C(F)(F)F)c3nc4ccccc4cc32)c(F)c1. The molecule has 7 nitrogen and oxygen atoms in total. The fraction of sp³-hybridized carbons (Fsp3) is 0.250. The second kappa shape index (κ2) is 7.99. The molecule has 1 aliphatic rings. The Morgan fingerprint density at radius 2 is 1.70 bits per heavy atom. The minimum absolute atomic E-state index is 0.0639. The summed E-state index contributed by atoms with van der Waals surface area (Å²) < 4.78 is 95.7. The lowest BCUT2D eigenvalue weighted by molar-refractivity contribution is -0.385. The first-order valence-electron chi connectivity index (χ1n) is 9.41. The summed E-state index contributed by atoms with van der Waals surface area (Å²) >= 11 is 0. The molecule has 0 fully saturated rings. The molecule has 0 saturated heterocycles. The Balaban J connectivity index is 1.88. The number of hydrogen-bond donors (Lipinski definition) is 0. The minimum Gasteiger partial charge on any atom is -0.258 e. The molecule has 2 unspecified atom stereocenters. The Kier molecular flexibility index (Phi) is 5.56. The Morgan fingerprint density at radius 3 is 2.30 bits per heavy atom. The molecule has 0 spiro atoms. The smallest absolute Gasteiger partial charge is 0.258 e. The molecule has 1 aromatic heterocycles. The molecule has 13 heteroatoms. The highest BCUT2D eigenvalue weighted by molar-refractivity contribution is 7.87. The van der Waals surface area contributed by atoms with E-state index in [1.165, 1.54) is 12.1 Å². The molecule has 2 aromatic carbocycles. The molecule has 0 bridgehead atoms. The second-order valence-electron chi connectivity index (χ2n) is 7.35. The van der Waals surface area contributed by atoms with Gasteiger partial charge in [-0.15, -0.1) is 0 Å². The van der Waals surface area contributed by atoms with Crippen molar-refractivity contribution in [1.29, 1.82) is 0 Å². The van der Waals surface area contributed by atoms with Gasteiger partial charge in [0, 0.05) is 16.9 Å². The van der Waals surface area contributed by atoms with Crippen molar-refractivity contribution in [1.82, 2.24) is 4.98 Å². The number of hydrogen-bond acceptors (Lipinski definition) is 6. The quantitative estimate of drug-likeness (QED) is 0.163. The van der Waals surface area contributed by atoms with Crippen LogP contribution >= 0.6 is 0 Å². The number of non-ortho nitro benzene ring substituents is 1. The van der Waals surface area contributed by atoms with E-state index >= 15 is 0 Å². The van der Waals surface area contributed by atoms with Crippen molar-refractivity contribution >= 4 is 26.7 Å². The van der Waals surface area contributed by atoms with Crippen molar-refractivity contribution in [2.75, 3.05) is 0 Å². The highest BCUT2D eigenvalue weighted by atomic mass is 32.2. The minimum atomic E-state index is -5.97. The average Bonchev–Trinajstić information content (AvgIpc) is 2.72. The van der Waals surface area contributed by atoms with Crippen LogP contribution < -0.4 is 0 Å². The lowest BCUT2D eigenvalue weighted by atomic mass is 9.79. The van der Waals surface area contributed by atoms with Crippen LogP contribution in [0.15, 0.2) is 42.5 Å². The molecule has 1 heterocycles. The van der Waals surface area contributed by atoms with Gasteiger partial charge in [-0.2, -0.15) is 21.6 Å². The molecule has 2 atom stereocenters. The van der Waals surface area contributed by atoms with Crippen LogP contribution in [0.5, 0.6) is 0 Å². The lowest BCUT2D eigenvalue weighted by Crippen LogP contribution is -2.30. The van der Waals surface area contributed by atoms with Gasteiger partial charge in [0.15, 0.2) is 0 Å². The number of benzene rings is 2. The van der Waals surface area contributed by atoms with Crippen molar-refractivity contribution in [3.63, 3.8) is 0 Å². The molecule has 0 saturated carbocycles. The average molecular weight is 488 g/mol. The maximum atomic E-state index is 14.7. The number of alkyl halides is 3. The number of pyridine rings is 1. The van der Waals surface area contributed by atoms with E-state index in [9.17, 15) is 40.5 Å². The molecule has 0 N–H and O–H groups in total. The topological polar surface area (TPSA) is 99.4 Å². The summed E-state index contributed by atoms with van der Waals surface area (Å²) in [6.45, 7) is 0. The number of para-hydroxylation sites is 1. The molecule has 4 rings (SSSR count). The van der Waals surface area contributed by atoms with Crippen LogP contribution in [0, 0.1) is 21.7 Å². The number of nitro groups is 1. The maximum absolute atomic E-state index is 14.7. The number of nitrogens with zero attached hydrogens (tertiary/aromatic N) is 2. The van der Waals surface area contributed by atoms with Gasteiger partial charge < -0.3 is 0 Å². The molecule has 174 valence electrons. The van der Waals surface area contributed by atoms with E-state index in [0.717, 1.165) is 0 Å². The largest absolute Gasteiger partial charge is 0.523 e. The van der Waals surface area contributed by atoms with Crippen molar-refractivity contribution < 1.29 is 39.5 Å². The van der Waals surface area contributed by atoms with Crippen molar-refractivity contribution in [2.45, 2.75) is 30.4 Å². The number of aromatic nitrogens is 1. The maximum Gasteiger partial charge on any atom is 0.523 e. The predicted molar refractivity (Wildman–Crippen MR) is 105 cm³/mol. The molecular weight excluding hydrogens is 475 g/mol. The zero-order valence-corrected chi connectivity index (χ0v) is 17.2. The third-order valence-corrected chi connectivity index (χ3v) is 6.38. The Morgan fingerprint density at radius 1 is 1.06 bits per heavy atom. The van der Waals surface area contributed by atoms with E-state index in [4.69, 9.17) is 0 Å². The summed E-state index contributed by atoms with van der Waals surface area (Å²) in [5.74, 6) is -3.52. The van der Waals surface area contributed by atoms with Gasteiger partial charge in [-0.1, -0.05) is 18.2 Å². The van der Waals surface area contributed by atoms with E-state index in [1.54, 1.807) is 18.2 Å². The first-order chi connectivity index (χ1) is 15.4. The van der Waals surface area contributed by atoms with E-state index in [0.29, 0.717) is 23.0 Å². The molecular formula is C20H13F5N2O5S. The van der Waals surface area contributed by atoms with Crippen LogP contribution in [0.25, 0.3) is 10.9 Å². The van der Waals surface area contributed by atoms with Gasteiger partial charge in [0.05, 0.1) is 28.3 Å². The van der Waals surface area contributed by atoms with Crippen LogP contribution in [0.4, 0.5) is 27.6 Å². The monoisotopic (exact) mass is 488 g/mol. The zero-order valence-electron chi connectivity index (χ0n) is 16.3. The highest BCUT2D eigenvalue weighted by Gasteiger charge is 2.50. The first-order valence-corrected chi connectivity index (χ1v) is 10.8. The third-order valence-electron chi connectivity index (χ3n) is 5.33. The number of fused-ring (bicyclic) bond motifs is 2. The Labute approximate surface area is 183 Å². The Hall–Kier alpha value is -3.19. The zero-order chi connectivity index (χ0) is 24.1. The number of nitro benzene ring substituents is 1. The van der Waals surface area contributed by atoms with Gasteiger partial charge in [0.2, 0.25) is 0 Å². The van der Waals surface area contributed by atoms with Crippen LogP contribution in [0.2, 0.25) is 0 Å². The summed E-state index contributed by atoms with van der Waals surface area (Å²) in [6, 6.07) is 8.91. The van der Waals surface area contributed by atoms with Gasteiger partial charge in [0.25, 0.3) is 5.69 Å². The van der Waals surface area contributed by atoms with Crippen molar-refractivity contribution in [3.8, 4) is 0 Å². The van der Waals surface area contributed by atoms with E-state index < -0.39 is 55.5 Å². The van der Waals surface area contributed by atoms with Gasteiger partial charge in [0.1, 0.15) is 17.7 Å². The van der Waals surface area contributed by atoms with E-state index in [-0.39, 0.29) is 24.1 Å². The van der Waals surface area contributed by atoms with Crippen LogP contribution in [-0.2, 0) is 14.3 Å². The molecule has 0 amide bonds. The molecule has 0 aliphatic heterocycles. The molecule has 0 radical (unpaired) electrons. The van der Waals surface area contributed by atoms with Crippen LogP contribution in [0.1, 0.15) is 41.7 Å². The van der Waals surface area contributed by atoms with Gasteiger partial charge in [-0.05, 0) is 30.5 Å². The van der Waals surface area contributed by atoms with Gasteiger partial charge in [-0.3, -0.25) is 14.3 Å². The fourth-order valence-corrected chi connectivity index (χ4v) is 4.51. The first kappa shape index (κ1) is 23.0. The highest BCUT2D eigenvalue weighted by Crippen LogP contribution is 2.46. The van der Waals surface area contributed by atoms with Crippen LogP contribution in [0.3, 0.4) is 0 Å². The summed E-state index contributed by atoms with van der Waals surface area (Å²) in [7, 11) is -5.97. The number of rotatable bonds is 4. The summed E-state index contributed by atoms with van der Waals surface area (Å²) in [5.41, 5.74) is -6.85. The number of halogens is 5. The van der Waals surface area contributed by atoms with Gasteiger partial charge in [-0.25, -0.2) is 13.8 Å². The summed E-state index contributed by atoms with van der Waals surface area (Å²) in [6.07, 6.45) is -2.19. The van der Waals surface area contributed by atoms with Crippen molar-refractivity contribution in [3.05, 3.63) is 81.0 Å². The standard InChI is InChI=1S/C20H13F5N2O5S/c21-14-8-11(27(28)29)9-15(22)18(14)12-5-6-17(32-33(30,31)20(23,24)25)19-13(12)7-10-3-1-2-4-16(10)26-19/h1-4,7-9,12,17H,5-6H2. The summed E-state index contributed by atoms with van der Waals surface area (Å²) in [5, 5.41) is 11.4. The third kappa shape index (κ3) is 4.13. The molecule has 1 aliphatic carbocycles. The fourth-order valence-electron chi connectivity index (χ4n) is 3.90. The Bertz CT molecular complexity index is 1350. The van der Waals surface area contributed by atoms with E-state index in [2.05, 4.69) is 9.17 Å². The predicted octanol–water partition coefficient (Wildman–Crippen LogP) is 5.25. The van der Waals surface area contributed by atoms with E-state index in [1.807, 2.05) is 0 Å². The van der Waals surface area contributed by atoms with Crippen molar-refractivity contribution in [2.24, 2.45) is 0 Å². The van der Waals surface area contributed by atoms with Gasteiger partial charge >= 0.3 is 15.6 Å². The normalized spacial score (nSPS) is 18.8. The molecule has 3 aromatic rings.